The van der Waals surface area contributed by atoms with Gasteiger partial charge in [0, 0.05) is 62.6 Å². The Balaban J connectivity index is 0.934. The molecular formula is C41H38FN9O4. The predicted molar refractivity (Wildman–Crippen MR) is 209 cm³/mol. The van der Waals surface area contributed by atoms with Crippen LogP contribution in [-0.4, -0.2) is 71.6 Å². The molecule has 4 heterocycles. The maximum Gasteiger partial charge on any atom is 0.277 e. The number of anilines is 3. The van der Waals surface area contributed by atoms with E-state index in [0.29, 0.717) is 82.9 Å². The number of carbonyl (C=O) groups is 1. The molecule has 1 aliphatic heterocycles. The number of halogens is 1. The van der Waals surface area contributed by atoms with Gasteiger partial charge in [0.25, 0.3) is 17.0 Å². The summed E-state index contributed by atoms with van der Waals surface area (Å²) in [7, 11) is 1.66. The highest BCUT2D eigenvalue weighted by Crippen LogP contribution is 2.26. The van der Waals surface area contributed by atoms with Gasteiger partial charge in [-0.2, -0.15) is 10.1 Å². The summed E-state index contributed by atoms with van der Waals surface area (Å²) in [6.07, 6.45) is 1.83. The van der Waals surface area contributed by atoms with E-state index in [4.69, 9.17) is 4.98 Å². The lowest BCUT2D eigenvalue weighted by molar-refractivity contribution is 0.0741. The van der Waals surface area contributed by atoms with Crippen LogP contribution in [0.1, 0.15) is 41.0 Å². The first-order chi connectivity index (χ1) is 26.4. The Hall–Kier alpha value is -6.67. The van der Waals surface area contributed by atoms with Gasteiger partial charge in [-0.15, -0.1) is 0 Å². The van der Waals surface area contributed by atoms with Crippen molar-refractivity contribution >= 4 is 45.0 Å². The van der Waals surface area contributed by atoms with Crippen molar-refractivity contribution in [3.8, 4) is 5.69 Å². The third-order valence-electron chi connectivity index (χ3n) is 10.1. The zero-order valence-corrected chi connectivity index (χ0v) is 30.5. The summed E-state index contributed by atoms with van der Waals surface area (Å²) in [4.78, 5) is 51.8. The van der Waals surface area contributed by atoms with Crippen LogP contribution >= 0.6 is 0 Å². The van der Waals surface area contributed by atoms with Crippen molar-refractivity contribution in [2.75, 3.05) is 36.4 Å². The van der Waals surface area contributed by atoms with Gasteiger partial charge in [-0.05, 0) is 79.6 Å². The normalized spacial score (nSPS) is 13.5. The molecule has 7 aromatic rings. The highest BCUT2D eigenvalue weighted by Gasteiger charge is 2.25. The Bertz CT molecular complexity index is 2710. The lowest BCUT2D eigenvalue weighted by Crippen LogP contribution is -2.49. The number of piperazine rings is 1. The third-order valence-corrected chi connectivity index (χ3v) is 10.1. The largest absolute Gasteiger partial charge is 0.386 e. The number of aromatic amines is 1. The number of nitrogens with one attached hydrogen (secondary N) is 2. The SMILES string of the molecule is Cn1c(=O)c2cnc(Nc3ccc(N4CCN(C(=O)c5cc(Cc6n[nH]c(=O)c7ccccc67)ccc5F)CC4)cc3)nc2n1-c1cccc(C(C)(C)O)c1. The van der Waals surface area contributed by atoms with Gasteiger partial charge in [0.1, 0.15) is 11.2 Å². The number of hydrogen-bond donors (Lipinski definition) is 3. The van der Waals surface area contributed by atoms with Crippen molar-refractivity contribution < 1.29 is 14.3 Å². The van der Waals surface area contributed by atoms with Crippen molar-refractivity contribution in [3.05, 3.63) is 146 Å². The van der Waals surface area contributed by atoms with Crippen molar-refractivity contribution in [1.29, 1.82) is 0 Å². The van der Waals surface area contributed by atoms with Gasteiger partial charge in [0.05, 0.1) is 27.9 Å². The second kappa shape index (κ2) is 14.0. The number of aliphatic hydroxyl groups is 1. The summed E-state index contributed by atoms with van der Waals surface area (Å²) in [5.74, 6) is -0.647. The monoisotopic (exact) mass is 739 g/mol. The molecule has 3 N–H and O–H groups in total. The standard InChI is InChI=1S/C41H38FN9O4/c1-41(2,55)26-7-6-8-29(23-26)51-36-33(38(53)48(51)3)24-43-40(45-36)44-27-12-14-28(15-13-27)49-17-19-50(20-18-49)39(54)32-21-25(11-16-34(32)42)22-35-30-9-4-5-10-31(30)37(52)47-46-35/h4-16,21,23-24,55H,17-20,22H2,1-3H3,(H,47,52)(H,43,44,45). The second-order valence-corrected chi connectivity index (χ2v) is 14.2. The number of fused-ring (bicyclic) bond motifs is 2. The van der Waals surface area contributed by atoms with Crippen LogP contribution < -0.4 is 21.3 Å². The van der Waals surface area contributed by atoms with Gasteiger partial charge in [-0.25, -0.2) is 23.8 Å². The van der Waals surface area contributed by atoms with E-state index in [1.54, 1.807) is 54.7 Å². The van der Waals surface area contributed by atoms with Crippen LogP contribution in [0.5, 0.6) is 0 Å². The molecule has 0 atom stereocenters. The van der Waals surface area contributed by atoms with Gasteiger partial charge < -0.3 is 20.2 Å². The lowest BCUT2D eigenvalue weighted by atomic mass is 9.98. The number of aromatic nitrogens is 6. The number of H-pyrrole nitrogens is 1. The number of carbonyl (C=O) groups excluding carboxylic acids is 1. The van der Waals surface area contributed by atoms with Crippen LogP contribution in [0.25, 0.3) is 27.5 Å². The van der Waals surface area contributed by atoms with E-state index in [1.165, 1.54) is 16.9 Å². The van der Waals surface area contributed by atoms with Crippen molar-refractivity contribution in [2.45, 2.75) is 25.9 Å². The predicted octanol–water partition coefficient (Wildman–Crippen LogP) is 5.02. The highest BCUT2D eigenvalue weighted by atomic mass is 19.1. The van der Waals surface area contributed by atoms with E-state index in [9.17, 15) is 19.5 Å². The molecule has 0 radical (unpaired) electrons. The number of benzene rings is 4. The van der Waals surface area contributed by atoms with Gasteiger partial charge in [-0.1, -0.05) is 36.4 Å². The van der Waals surface area contributed by atoms with E-state index < -0.39 is 11.4 Å². The maximum absolute atomic E-state index is 15.0. The number of nitrogens with zero attached hydrogens (tertiary/aromatic N) is 7. The first kappa shape index (κ1) is 35.4. The second-order valence-electron chi connectivity index (χ2n) is 14.2. The molecule has 1 amide bonds. The third kappa shape index (κ3) is 6.83. The van der Waals surface area contributed by atoms with Gasteiger partial charge in [0.2, 0.25) is 5.95 Å². The minimum Gasteiger partial charge on any atom is -0.386 e. The molecule has 0 unspecified atom stereocenters. The fourth-order valence-electron chi connectivity index (χ4n) is 7.03. The zero-order chi connectivity index (χ0) is 38.4. The summed E-state index contributed by atoms with van der Waals surface area (Å²) in [5.41, 5.74) is 3.28. The smallest absolute Gasteiger partial charge is 0.277 e. The molecule has 13 nitrogen and oxygen atoms in total. The molecule has 0 bridgehead atoms. The molecule has 14 heteroatoms. The Labute approximate surface area is 314 Å². The van der Waals surface area contributed by atoms with Crippen LogP contribution in [0.15, 0.2) is 107 Å². The lowest BCUT2D eigenvalue weighted by Gasteiger charge is -2.36. The first-order valence-electron chi connectivity index (χ1n) is 17.9. The first-order valence-corrected chi connectivity index (χ1v) is 17.9. The summed E-state index contributed by atoms with van der Waals surface area (Å²) >= 11 is 0. The summed E-state index contributed by atoms with van der Waals surface area (Å²) < 4.78 is 18.2. The minimum atomic E-state index is -1.06. The van der Waals surface area contributed by atoms with Gasteiger partial charge >= 0.3 is 0 Å². The number of hydrogen-bond acceptors (Lipinski definition) is 9. The van der Waals surface area contributed by atoms with Crippen LogP contribution in [0.3, 0.4) is 0 Å². The average molecular weight is 740 g/mol. The van der Waals surface area contributed by atoms with Crippen molar-refractivity contribution in [2.24, 2.45) is 7.05 Å². The van der Waals surface area contributed by atoms with E-state index in [2.05, 4.69) is 25.4 Å². The molecule has 1 fully saturated rings. The van der Waals surface area contributed by atoms with Crippen molar-refractivity contribution in [3.63, 3.8) is 0 Å². The molecule has 0 aliphatic carbocycles. The van der Waals surface area contributed by atoms with Crippen LogP contribution in [0.2, 0.25) is 0 Å². The molecule has 4 aromatic carbocycles. The Morgan fingerprint density at radius 3 is 2.38 bits per heavy atom. The maximum atomic E-state index is 15.0. The summed E-state index contributed by atoms with van der Waals surface area (Å²) in [6.45, 7) is 5.37. The Kier molecular flexibility index (Phi) is 8.97. The van der Waals surface area contributed by atoms with E-state index in [-0.39, 0.29) is 22.6 Å². The molecule has 1 saturated heterocycles. The van der Waals surface area contributed by atoms with Crippen LogP contribution in [-0.2, 0) is 19.1 Å². The average Bonchev–Trinajstić information content (AvgIpc) is 3.44. The molecule has 55 heavy (non-hydrogen) atoms. The topological polar surface area (TPSA) is 154 Å². The van der Waals surface area contributed by atoms with Crippen LogP contribution in [0.4, 0.5) is 21.7 Å². The molecule has 8 rings (SSSR count). The molecule has 1 aliphatic rings. The number of rotatable bonds is 8. The minimum absolute atomic E-state index is 0.00522. The zero-order valence-electron chi connectivity index (χ0n) is 30.5. The number of amides is 1. The van der Waals surface area contributed by atoms with E-state index >= 15 is 4.39 Å². The van der Waals surface area contributed by atoms with Gasteiger partial charge in [-0.3, -0.25) is 14.4 Å². The molecule has 278 valence electrons. The highest BCUT2D eigenvalue weighted by molar-refractivity contribution is 5.95. The Morgan fingerprint density at radius 2 is 1.64 bits per heavy atom. The van der Waals surface area contributed by atoms with E-state index in [1.807, 2.05) is 60.7 Å². The van der Waals surface area contributed by atoms with Crippen LogP contribution in [0, 0.1) is 5.82 Å². The van der Waals surface area contributed by atoms with Crippen molar-refractivity contribution in [1.82, 2.24) is 34.4 Å². The van der Waals surface area contributed by atoms with Gasteiger partial charge in [0.15, 0.2) is 5.65 Å². The summed E-state index contributed by atoms with van der Waals surface area (Å²) in [6, 6.07) is 26.8. The fraction of sp³-hybridized carbons (Fsp3) is 0.220. The van der Waals surface area contributed by atoms with E-state index in [0.717, 1.165) is 11.4 Å². The quantitative estimate of drug-likeness (QED) is 0.195. The molecular weight excluding hydrogens is 702 g/mol. The molecule has 3 aromatic heterocycles. The fourth-order valence-corrected chi connectivity index (χ4v) is 7.03. The molecule has 0 spiro atoms. The Morgan fingerprint density at radius 1 is 0.891 bits per heavy atom. The molecule has 0 saturated carbocycles. The summed E-state index contributed by atoms with van der Waals surface area (Å²) in [5, 5.41) is 22.2.